The summed E-state index contributed by atoms with van der Waals surface area (Å²) >= 11 is 1.84. The van der Waals surface area contributed by atoms with Gasteiger partial charge in [-0.25, -0.2) is 15.0 Å². The van der Waals surface area contributed by atoms with Gasteiger partial charge in [0.2, 0.25) is 0 Å². The largest absolute Gasteiger partial charge is 0.309 e. The Balaban J connectivity index is 0.974. The number of aromatic nitrogens is 4. The highest BCUT2D eigenvalue weighted by Gasteiger charge is 2.26. The lowest BCUT2D eigenvalue weighted by Gasteiger charge is -2.33. The van der Waals surface area contributed by atoms with Crippen molar-refractivity contribution in [3.63, 3.8) is 0 Å². The molecule has 6 heteroatoms. The van der Waals surface area contributed by atoms with Crippen molar-refractivity contribution in [3.8, 4) is 62.1 Å². The zero-order valence-corrected chi connectivity index (χ0v) is 37.0. The summed E-state index contributed by atoms with van der Waals surface area (Å²) in [5, 5.41) is 4.87. The summed E-state index contributed by atoms with van der Waals surface area (Å²) in [5.41, 5.74) is 14.2. The Hall–Kier alpha value is -8.58. The molecular formula is C61H39N5S. The molecule has 314 valence electrons. The molecule has 0 saturated carbocycles. The number of anilines is 3. The average Bonchev–Trinajstić information content (AvgIpc) is 3.76. The van der Waals surface area contributed by atoms with Crippen LogP contribution in [0.4, 0.5) is 17.1 Å². The maximum Gasteiger partial charge on any atom is 0.164 e. The van der Waals surface area contributed by atoms with E-state index in [4.69, 9.17) is 15.0 Å². The fourth-order valence-corrected chi connectivity index (χ4v) is 10.8. The SMILES string of the molecule is c1ccc(-c2ccc(-c3nc(-c4ccccc4)nc(-c4cccc(-n5c6cccc(-c7ccc8c(c7)Sc7ccccc7N8c7ccccc7)c6c6c7ccccc7ccc65)c4)n3)cc2)cc1. The fraction of sp³-hybridized carbons (Fsp3) is 0. The molecule has 2 aromatic heterocycles. The standard InChI is InChI=1S/C61H39N5S/c1-4-16-40(17-5-1)41-30-32-44(33-31-41)60-62-59(43-19-6-2-7-20-43)63-61(64-60)46-21-14-24-48(38-46)66-53-28-15-26-50(58(53)57-49-25-11-10-18-42(49)34-37-54(57)66)45-35-36-52-56(39-45)67-55-29-13-12-27-51(55)65(52)47-22-8-3-9-23-47/h1-39H. The molecule has 0 radical (unpaired) electrons. The second kappa shape index (κ2) is 16.1. The Bertz CT molecular complexity index is 3830. The molecule has 12 aromatic rings. The van der Waals surface area contributed by atoms with Crippen LogP contribution in [0.25, 0.3) is 94.7 Å². The third-order valence-electron chi connectivity index (χ3n) is 12.8. The van der Waals surface area contributed by atoms with Gasteiger partial charge in [0.15, 0.2) is 17.5 Å². The quantitative estimate of drug-likeness (QED) is 0.160. The van der Waals surface area contributed by atoms with Gasteiger partial charge in [-0.1, -0.05) is 188 Å². The first-order valence-electron chi connectivity index (χ1n) is 22.5. The second-order valence-corrected chi connectivity index (χ2v) is 17.9. The molecule has 0 saturated heterocycles. The van der Waals surface area contributed by atoms with Crippen molar-refractivity contribution in [1.29, 1.82) is 0 Å². The maximum absolute atomic E-state index is 5.18. The van der Waals surface area contributed by atoms with Crippen LogP contribution in [0.15, 0.2) is 246 Å². The van der Waals surface area contributed by atoms with Crippen LogP contribution in [0.2, 0.25) is 0 Å². The Morgan fingerprint density at radius 1 is 0.328 bits per heavy atom. The van der Waals surface area contributed by atoms with Crippen LogP contribution in [0.5, 0.6) is 0 Å². The molecule has 0 fully saturated rings. The lowest BCUT2D eigenvalue weighted by Crippen LogP contribution is -2.14. The third-order valence-corrected chi connectivity index (χ3v) is 13.9. The van der Waals surface area contributed by atoms with Crippen LogP contribution < -0.4 is 4.90 Å². The van der Waals surface area contributed by atoms with Gasteiger partial charge in [0.05, 0.1) is 22.4 Å². The second-order valence-electron chi connectivity index (χ2n) is 16.8. The molecule has 67 heavy (non-hydrogen) atoms. The van der Waals surface area contributed by atoms with Gasteiger partial charge in [0, 0.05) is 48.6 Å². The van der Waals surface area contributed by atoms with E-state index in [1.165, 1.54) is 59.4 Å². The van der Waals surface area contributed by atoms with Gasteiger partial charge < -0.3 is 9.47 Å². The monoisotopic (exact) mass is 873 g/mol. The molecule has 1 aliphatic rings. The lowest BCUT2D eigenvalue weighted by molar-refractivity contribution is 1.07. The van der Waals surface area contributed by atoms with Crippen LogP contribution in [-0.2, 0) is 0 Å². The van der Waals surface area contributed by atoms with E-state index >= 15 is 0 Å². The first-order chi connectivity index (χ1) is 33.2. The molecular weight excluding hydrogens is 835 g/mol. The highest BCUT2D eigenvalue weighted by Crippen LogP contribution is 2.53. The van der Waals surface area contributed by atoms with Crippen molar-refractivity contribution < 1.29 is 0 Å². The van der Waals surface area contributed by atoms with Crippen LogP contribution in [0, 0.1) is 0 Å². The number of rotatable bonds is 7. The summed E-state index contributed by atoms with van der Waals surface area (Å²) in [6.07, 6.45) is 0. The highest BCUT2D eigenvalue weighted by molar-refractivity contribution is 7.99. The molecule has 0 spiro atoms. The molecule has 0 bridgehead atoms. The Morgan fingerprint density at radius 2 is 0.881 bits per heavy atom. The summed E-state index contributed by atoms with van der Waals surface area (Å²) in [6, 6.07) is 84.1. The van der Waals surface area contributed by atoms with Crippen LogP contribution >= 0.6 is 11.8 Å². The molecule has 0 N–H and O–H groups in total. The Morgan fingerprint density at radius 3 is 1.67 bits per heavy atom. The number of hydrogen-bond acceptors (Lipinski definition) is 5. The number of benzene rings is 10. The predicted octanol–water partition coefficient (Wildman–Crippen LogP) is 16.4. The number of fused-ring (bicyclic) bond motifs is 7. The first kappa shape index (κ1) is 38.8. The van der Waals surface area contributed by atoms with E-state index in [0.717, 1.165) is 44.7 Å². The molecule has 0 aliphatic carbocycles. The normalized spacial score (nSPS) is 12.1. The van der Waals surface area contributed by atoms with Crippen LogP contribution in [0.1, 0.15) is 0 Å². The van der Waals surface area contributed by atoms with Gasteiger partial charge in [-0.2, -0.15) is 0 Å². The molecule has 1 aliphatic heterocycles. The minimum atomic E-state index is 0.613. The van der Waals surface area contributed by atoms with E-state index in [-0.39, 0.29) is 0 Å². The smallest absolute Gasteiger partial charge is 0.164 e. The summed E-state index contributed by atoms with van der Waals surface area (Å²) in [6.45, 7) is 0. The molecule has 5 nitrogen and oxygen atoms in total. The Kier molecular flexibility index (Phi) is 9.36. The van der Waals surface area contributed by atoms with Gasteiger partial charge in [0.25, 0.3) is 0 Å². The van der Waals surface area contributed by atoms with E-state index in [2.05, 4.69) is 222 Å². The van der Waals surface area contributed by atoms with E-state index in [1.807, 2.05) is 36.0 Å². The molecule has 3 heterocycles. The van der Waals surface area contributed by atoms with Crippen molar-refractivity contribution in [1.82, 2.24) is 19.5 Å². The third kappa shape index (κ3) is 6.77. The van der Waals surface area contributed by atoms with Crippen molar-refractivity contribution >= 4 is 61.4 Å². The van der Waals surface area contributed by atoms with Crippen molar-refractivity contribution in [2.45, 2.75) is 9.79 Å². The molecule has 0 amide bonds. The fourth-order valence-electron chi connectivity index (χ4n) is 9.70. The molecule has 10 aromatic carbocycles. The number of hydrogen-bond donors (Lipinski definition) is 0. The summed E-state index contributed by atoms with van der Waals surface area (Å²) in [4.78, 5) is 20.2. The zero-order valence-electron chi connectivity index (χ0n) is 36.2. The van der Waals surface area contributed by atoms with Gasteiger partial charge in [0.1, 0.15) is 0 Å². The minimum absolute atomic E-state index is 0.613. The van der Waals surface area contributed by atoms with Gasteiger partial charge in [-0.05, 0) is 93.7 Å². The van der Waals surface area contributed by atoms with E-state index in [1.54, 1.807) is 0 Å². The first-order valence-corrected chi connectivity index (χ1v) is 23.3. The van der Waals surface area contributed by atoms with Gasteiger partial charge in [-0.3, -0.25) is 0 Å². The van der Waals surface area contributed by atoms with Crippen molar-refractivity contribution in [2.24, 2.45) is 0 Å². The van der Waals surface area contributed by atoms with Gasteiger partial charge >= 0.3 is 0 Å². The van der Waals surface area contributed by atoms with Crippen molar-refractivity contribution in [2.75, 3.05) is 4.90 Å². The van der Waals surface area contributed by atoms with E-state index in [9.17, 15) is 0 Å². The number of nitrogens with zero attached hydrogens (tertiary/aromatic N) is 5. The van der Waals surface area contributed by atoms with Crippen molar-refractivity contribution in [3.05, 3.63) is 237 Å². The highest BCUT2D eigenvalue weighted by atomic mass is 32.2. The summed E-state index contributed by atoms with van der Waals surface area (Å²) in [7, 11) is 0. The predicted molar refractivity (Wildman–Crippen MR) is 278 cm³/mol. The Labute approximate surface area is 392 Å². The number of para-hydroxylation sites is 2. The molecule has 0 atom stereocenters. The maximum atomic E-state index is 5.18. The van der Waals surface area contributed by atoms with E-state index < -0.39 is 0 Å². The van der Waals surface area contributed by atoms with Crippen LogP contribution in [0.3, 0.4) is 0 Å². The lowest BCUT2D eigenvalue weighted by atomic mass is 9.96. The minimum Gasteiger partial charge on any atom is -0.309 e. The summed E-state index contributed by atoms with van der Waals surface area (Å²) in [5.74, 6) is 1.87. The molecule has 0 unspecified atom stereocenters. The summed E-state index contributed by atoms with van der Waals surface area (Å²) < 4.78 is 2.41. The zero-order chi connectivity index (χ0) is 44.3. The van der Waals surface area contributed by atoms with Gasteiger partial charge in [-0.15, -0.1) is 0 Å². The van der Waals surface area contributed by atoms with E-state index in [0.29, 0.717) is 17.5 Å². The van der Waals surface area contributed by atoms with Crippen LogP contribution in [-0.4, -0.2) is 19.5 Å². The molecule has 13 rings (SSSR count). The topological polar surface area (TPSA) is 46.8 Å². The average molecular weight is 874 g/mol.